The highest BCUT2D eigenvalue weighted by molar-refractivity contribution is 7.09. The first kappa shape index (κ1) is 15.2. The topological polar surface area (TPSA) is 45.2 Å². The molecule has 0 saturated carbocycles. The van der Waals surface area contributed by atoms with Crippen molar-refractivity contribution in [3.8, 4) is 0 Å². The zero-order valence-corrected chi connectivity index (χ0v) is 13.8. The van der Waals surface area contributed by atoms with E-state index in [1.54, 1.807) is 11.3 Å². The summed E-state index contributed by atoms with van der Waals surface area (Å²) in [7, 11) is 0. The second-order valence-corrected chi connectivity index (χ2v) is 6.70. The third kappa shape index (κ3) is 2.78. The molecule has 0 spiro atoms. The zero-order valence-electron chi connectivity index (χ0n) is 13.0. The lowest BCUT2D eigenvalue weighted by Gasteiger charge is -2.28. The number of nitrogens with zero attached hydrogens (tertiary/aromatic N) is 2. The Labute approximate surface area is 135 Å². The number of carbonyl (C=O) groups is 1. The molecule has 0 aliphatic carbocycles. The number of anilines is 1. The standard InChI is InChI=1S/C17H21N3OS/c1-3-17(2,16-18-9-11-22-16)19-12-15(21)20-10-8-13-6-4-5-7-14(13)20/h4-7,9,11,19H,3,8,10,12H2,1-2H3/t17-/m0/s1. The normalized spacial score (nSPS) is 16.4. The van der Waals surface area contributed by atoms with Crippen LogP contribution in [0.5, 0.6) is 0 Å². The van der Waals surface area contributed by atoms with Gasteiger partial charge in [-0.2, -0.15) is 0 Å². The Kier molecular flexibility index (Phi) is 4.27. The van der Waals surface area contributed by atoms with Gasteiger partial charge in [-0.1, -0.05) is 25.1 Å². The summed E-state index contributed by atoms with van der Waals surface area (Å²) in [6.45, 7) is 5.33. The maximum absolute atomic E-state index is 12.6. The summed E-state index contributed by atoms with van der Waals surface area (Å²) in [5.74, 6) is 0.126. The Morgan fingerprint density at radius 3 is 3.00 bits per heavy atom. The van der Waals surface area contributed by atoms with Crippen molar-refractivity contribution in [2.24, 2.45) is 0 Å². The molecule has 0 bridgehead atoms. The Bertz CT molecular complexity index is 656. The van der Waals surface area contributed by atoms with Gasteiger partial charge in [0.15, 0.2) is 0 Å². The molecule has 2 aromatic rings. The quantitative estimate of drug-likeness (QED) is 0.922. The molecule has 1 amide bonds. The number of fused-ring (bicyclic) bond motifs is 1. The average Bonchev–Trinajstić information content (AvgIpc) is 3.21. The molecule has 1 aliphatic heterocycles. The molecule has 5 heteroatoms. The van der Waals surface area contributed by atoms with Gasteiger partial charge in [0.25, 0.3) is 0 Å². The van der Waals surface area contributed by atoms with Crippen LogP contribution in [0.3, 0.4) is 0 Å². The summed E-state index contributed by atoms with van der Waals surface area (Å²) in [5.41, 5.74) is 2.07. The van der Waals surface area contributed by atoms with Crippen LogP contribution in [0.2, 0.25) is 0 Å². The van der Waals surface area contributed by atoms with E-state index in [2.05, 4.69) is 30.2 Å². The summed E-state index contributed by atoms with van der Waals surface area (Å²) in [5, 5.41) is 6.42. The van der Waals surface area contributed by atoms with Crippen LogP contribution in [-0.2, 0) is 16.8 Å². The van der Waals surface area contributed by atoms with Crippen LogP contribution in [-0.4, -0.2) is 24.0 Å². The van der Waals surface area contributed by atoms with Gasteiger partial charge >= 0.3 is 0 Å². The summed E-state index contributed by atoms with van der Waals surface area (Å²) >= 11 is 1.63. The number of nitrogens with one attached hydrogen (secondary N) is 1. The second-order valence-electron chi connectivity index (χ2n) is 5.80. The highest BCUT2D eigenvalue weighted by atomic mass is 32.1. The van der Waals surface area contributed by atoms with Crippen LogP contribution < -0.4 is 10.2 Å². The van der Waals surface area contributed by atoms with Crippen molar-refractivity contribution in [1.29, 1.82) is 0 Å². The van der Waals surface area contributed by atoms with Gasteiger partial charge in [0.2, 0.25) is 5.91 Å². The van der Waals surface area contributed by atoms with Gasteiger partial charge in [0.05, 0.1) is 12.1 Å². The average molecular weight is 315 g/mol. The SMILES string of the molecule is CC[C@](C)(NCC(=O)N1CCc2ccccc21)c1nccs1. The fraction of sp³-hybridized carbons (Fsp3) is 0.412. The van der Waals surface area contributed by atoms with Crippen LogP contribution in [0.15, 0.2) is 35.8 Å². The number of thiazole rings is 1. The Hall–Kier alpha value is -1.72. The first-order valence-corrected chi connectivity index (χ1v) is 8.55. The first-order chi connectivity index (χ1) is 10.6. The van der Waals surface area contributed by atoms with Crippen molar-refractivity contribution in [1.82, 2.24) is 10.3 Å². The van der Waals surface area contributed by atoms with Gasteiger partial charge in [0, 0.05) is 23.8 Å². The fourth-order valence-electron chi connectivity index (χ4n) is 2.81. The van der Waals surface area contributed by atoms with E-state index in [9.17, 15) is 4.79 Å². The monoisotopic (exact) mass is 315 g/mol. The van der Waals surface area contributed by atoms with Gasteiger partial charge in [-0.3, -0.25) is 10.1 Å². The molecule has 1 N–H and O–H groups in total. The Balaban J connectivity index is 1.68. The number of carbonyl (C=O) groups excluding carboxylic acids is 1. The van der Waals surface area contributed by atoms with Gasteiger partial charge in [-0.25, -0.2) is 4.98 Å². The molecule has 0 unspecified atom stereocenters. The highest BCUT2D eigenvalue weighted by Gasteiger charge is 2.30. The molecule has 2 heterocycles. The predicted molar refractivity (Wildman–Crippen MR) is 90.3 cm³/mol. The molecule has 22 heavy (non-hydrogen) atoms. The van der Waals surface area contributed by atoms with Crippen LogP contribution >= 0.6 is 11.3 Å². The molecular weight excluding hydrogens is 294 g/mol. The van der Waals surface area contributed by atoms with E-state index in [1.807, 2.05) is 34.7 Å². The van der Waals surface area contributed by atoms with Crippen molar-refractivity contribution < 1.29 is 4.79 Å². The van der Waals surface area contributed by atoms with Crippen molar-refractivity contribution in [3.63, 3.8) is 0 Å². The van der Waals surface area contributed by atoms with Crippen molar-refractivity contribution in [2.75, 3.05) is 18.0 Å². The smallest absolute Gasteiger partial charge is 0.240 e. The Morgan fingerprint density at radius 1 is 1.45 bits per heavy atom. The highest BCUT2D eigenvalue weighted by Crippen LogP contribution is 2.28. The van der Waals surface area contributed by atoms with Crippen LogP contribution in [0, 0.1) is 0 Å². The van der Waals surface area contributed by atoms with Gasteiger partial charge in [0.1, 0.15) is 5.01 Å². The molecule has 1 aromatic heterocycles. The minimum absolute atomic E-state index is 0.126. The number of hydrogen-bond acceptors (Lipinski definition) is 4. The van der Waals surface area contributed by atoms with E-state index in [0.717, 1.165) is 30.1 Å². The number of hydrogen-bond donors (Lipinski definition) is 1. The summed E-state index contributed by atoms with van der Waals surface area (Å²) in [6, 6.07) is 8.15. The van der Waals surface area contributed by atoms with Gasteiger partial charge < -0.3 is 4.90 Å². The van der Waals surface area contributed by atoms with Crippen LogP contribution in [0.25, 0.3) is 0 Å². The third-order valence-electron chi connectivity index (χ3n) is 4.43. The molecule has 1 aliphatic rings. The molecule has 1 aromatic carbocycles. The molecule has 3 rings (SSSR count). The number of rotatable bonds is 5. The van der Waals surface area contributed by atoms with Gasteiger partial charge in [-0.05, 0) is 31.4 Å². The number of benzene rings is 1. The molecule has 0 fully saturated rings. The Morgan fingerprint density at radius 2 is 2.27 bits per heavy atom. The van der Waals surface area contributed by atoms with E-state index in [1.165, 1.54) is 5.56 Å². The lowest BCUT2D eigenvalue weighted by Crippen LogP contribution is -2.46. The molecular formula is C17H21N3OS. The zero-order chi connectivity index (χ0) is 15.6. The predicted octanol–water partition coefficient (Wildman–Crippen LogP) is 2.95. The summed E-state index contributed by atoms with van der Waals surface area (Å²) in [4.78, 5) is 18.9. The van der Waals surface area contributed by atoms with E-state index < -0.39 is 0 Å². The number of para-hydroxylation sites is 1. The molecule has 0 saturated heterocycles. The first-order valence-electron chi connectivity index (χ1n) is 7.67. The fourth-order valence-corrected chi connectivity index (χ4v) is 3.66. The lowest BCUT2D eigenvalue weighted by molar-refractivity contribution is -0.118. The molecule has 0 radical (unpaired) electrons. The summed E-state index contributed by atoms with van der Waals surface area (Å²) < 4.78 is 0. The summed E-state index contributed by atoms with van der Waals surface area (Å²) in [6.07, 6.45) is 3.65. The number of amides is 1. The van der Waals surface area contributed by atoms with Crippen molar-refractivity contribution in [2.45, 2.75) is 32.2 Å². The third-order valence-corrected chi connectivity index (χ3v) is 5.47. The molecule has 4 nitrogen and oxygen atoms in total. The van der Waals surface area contributed by atoms with E-state index >= 15 is 0 Å². The maximum Gasteiger partial charge on any atom is 0.240 e. The minimum atomic E-state index is -0.247. The number of aromatic nitrogens is 1. The van der Waals surface area contributed by atoms with Gasteiger partial charge in [-0.15, -0.1) is 11.3 Å². The van der Waals surface area contributed by atoms with E-state index in [4.69, 9.17) is 0 Å². The van der Waals surface area contributed by atoms with E-state index in [0.29, 0.717) is 6.54 Å². The van der Waals surface area contributed by atoms with Crippen molar-refractivity contribution >= 4 is 22.9 Å². The maximum atomic E-state index is 12.6. The lowest BCUT2D eigenvalue weighted by atomic mass is 10.00. The van der Waals surface area contributed by atoms with Crippen LogP contribution in [0.1, 0.15) is 30.8 Å². The molecule has 116 valence electrons. The van der Waals surface area contributed by atoms with E-state index in [-0.39, 0.29) is 11.4 Å². The van der Waals surface area contributed by atoms with Crippen molar-refractivity contribution in [3.05, 3.63) is 46.4 Å². The largest absolute Gasteiger partial charge is 0.311 e. The molecule has 1 atom stereocenters. The second kappa shape index (κ2) is 6.18. The van der Waals surface area contributed by atoms with Crippen LogP contribution in [0.4, 0.5) is 5.69 Å². The minimum Gasteiger partial charge on any atom is -0.311 e.